The van der Waals surface area contributed by atoms with Gasteiger partial charge in [0, 0.05) is 27.9 Å². The summed E-state index contributed by atoms with van der Waals surface area (Å²) in [7, 11) is 0. The first kappa shape index (κ1) is 12.6. The molecule has 3 rings (SSSR count). The third kappa shape index (κ3) is 2.36. The first-order chi connectivity index (χ1) is 9.78. The molecule has 0 aliphatic heterocycles. The normalized spacial score (nSPS) is 10.2. The van der Waals surface area contributed by atoms with Crippen molar-refractivity contribution < 1.29 is 0 Å². The van der Waals surface area contributed by atoms with Gasteiger partial charge in [0.2, 0.25) is 0 Å². The molecule has 0 spiro atoms. The van der Waals surface area contributed by atoms with Gasteiger partial charge in [-0.3, -0.25) is 4.98 Å². The Kier molecular flexibility index (Phi) is 3.36. The summed E-state index contributed by atoms with van der Waals surface area (Å²) in [5.41, 5.74) is 2.32. The summed E-state index contributed by atoms with van der Waals surface area (Å²) in [6.45, 7) is 0. The summed E-state index contributed by atoms with van der Waals surface area (Å²) in [5.74, 6) is 0. The summed E-state index contributed by atoms with van der Waals surface area (Å²) in [4.78, 5) is 4.16. The Balaban J connectivity index is 2.08. The number of rotatable bonds is 2. The molecule has 96 valence electrons. The van der Waals surface area contributed by atoms with Gasteiger partial charge in [-0.2, -0.15) is 5.26 Å². The number of fused-ring (bicyclic) bond motifs is 1. The van der Waals surface area contributed by atoms with E-state index in [2.05, 4.69) is 32.3 Å². The molecule has 1 N–H and O–H groups in total. The molecule has 0 aliphatic carbocycles. The van der Waals surface area contributed by atoms with Gasteiger partial charge in [0.25, 0.3) is 0 Å². The van der Waals surface area contributed by atoms with Crippen molar-refractivity contribution in [3.63, 3.8) is 0 Å². The lowest BCUT2D eigenvalue weighted by atomic mass is 10.1. The van der Waals surface area contributed by atoms with Gasteiger partial charge < -0.3 is 5.32 Å². The van der Waals surface area contributed by atoms with Crippen molar-refractivity contribution in [2.75, 3.05) is 5.32 Å². The van der Waals surface area contributed by atoms with Gasteiger partial charge in [-0.1, -0.05) is 28.1 Å². The monoisotopic (exact) mass is 323 g/mol. The van der Waals surface area contributed by atoms with Crippen molar-refractivity contribution in [3.05, 3.63) is 64.9 Å². The van der Waals surface area contributed by atoms with Crippen molar-refractivity contribution in [2.24, 2.45) is 0 Å². The van der Waals surface area contributed by atoms with Gasteiger partial charge in [-0.05, 0) is 35.7 Å². The molecule has 0 fully saturated rings. The third-order valence-electron chi connectivity index (χ3n) is 3.06. The molecule has 0 saturated carbocycles. The highest BCUT2D eigenvalue weighted by Gasteiger charge is 2.05. The van der Waals surface area contributed by atoms with E-state index in [0.29, 0.717) is 5.56 Å². The number of nitrogens with zero attached hydrogens (tertiary/aromatic N) is 2. The van der Waals surface area contributed by atoms with E-state index < -0.39 is 0 Å². The van der Waals surface area contributed by atoms with E-state index in [9.17, 15) is 5.26 Å². The summed E-state index contributed by atoms with van der Waals surface area (Å²) >= 11 is 3.37. The van der Waals surface area contributed by atoms with Crippen molar-refractivity contribution in [2.45, 2.75) is 0 Å². The van der Waals surface area contributed by atoms with Gasteiger partial charge in [-0.15, -0.1) is 0 Å². The highest BCUT2D eigenvalue weighted by Crippen LogP contribution is 2.28. The lowest BCUT2D eigenvalue weighted by Gasteiger charge is -2.11. The van der Waals surface area contributed by atoms with Crippen LogP contribution >= 0.6 is 15.9 Å². The number of anilines is 2. The molecule has 0 saturated heterocycles. The third-order valence-corrected chi connectivity index (χ3v) is 3.55. The number of pyridine rings is 1. The minimum Gasteiger partial charge on any atom is -0.354 e. The molecule has 1 heterocycles. The first-order valence-electron chi connectivity index (χ1n) is 6.07. The van der Waals surface area contributed by atoms with Crippen LogP contribution in [0.4, 0.5) is 11.4 Å². The fourth-order valence-corrected chi connectivity index (χ4v) is 2.45. The second-order valence-corrected chi connectivity index (χ2v) is 5.24. The second kappa shape index (κ2) is 5.32. The Morgan fingerprint density at radius 2 is 2.00 bits per heavy atom. The molecular weight excluding hydrogens is 314 g/mol. The lowest BCUT2D eigenvalue weighted by molar-refractivity contribution is 1.36. The lowest BCUT2D eigenvalue weighted by Crippen LogP contribution is -1.94. The van der Waals surface area contributed by atoms with Gasteiger partial charge >= 0.3 is 0 Å². The van der Waals surface area contributed by atoms with Crippen LogP contribution in [-0.4, -0.2) is 4.98 Å². The Bertz CT molecular complexity index is 816. The second-order valence-electron chi connectivity index (χ2n) is 4.33. The van der Waals surface area contributed by atoms with Gasteiger partial charge in [-0.25, -0.2) is 0 Å². The highest BCUT2D eigenvalue weighted by atomic mass is 79.9. The zero-order valence-corrected chi connectivity index (χ0v) is 12.1. The number of hydrogen-bond acceptors (Lipinski definition) is 3. The fourth-order valence-electron chi connectivity index (χ4n) is 2.09. The van der Waals surface area contributed by atoms with Crippen molar-refractivity contribution in [1.82, 2.24) is 4.98 Å². The van der Waals surface area contributed by atoms with Crippen LogP contribution in [0.15, 0.2) is 59.3 Å². The Morgan fingerprint density at radius 3 is 2.85 bits per heavy atom. The van der Waals surface area contributed by atoms with Crippen molar-refractivity contribution in [3.8, 4) is 6.07 Å². The standard InChI is InChI=1S/C16H10BrN3/c17-13-4-5-15(12(8-13)9-18)20-16-3-1-2-11-6-7-19-10-14(11)16/h1-8,10,20H. The Hall–Kier alpha value is -2.38. The van der Waals surface area contributed by atoms with Crippen LogP contribution in [0.3, 0.4) is 0 Å². The maximum atomic E-state index is 9.21. The van der Waals surface area contributed by atoms with E-state index in [-0.39, 0.29) is 0 Å². The number of halogens is 1. The van der Waals surface area contributed by atoms with E-state index in [1.54, 1.807) is 12.3 Å². The van der Waals surface area contributed by atoms with E-state index in [1.165, 1.54) is 0 Å². The van der Waals surface area contributed by atoms with Crippen LogP contribution in [0, 0.1) is 11.3 Å². The highest BCUT2D eigenvalue weighted by molar-refractivity contribution is 9.10. The molecular formula is C16H10BrN3. The SMILES string of the molecule is N#Cc1cc(Br)ccc1Nc1cccc2ccncc12. The quantitative estimate of drug-likeness (QED) is 0.749. The van der Waals surface area contributed by atoms with E-state index in [1.807, 2.05) is 42.6 Å². The average molecular weight is 324 g/mol. The van der Waals surface area contributed by atoms with Crippen LogP contribution in [0.2, 0.25) is 0 Å². The van der Waals surface area contributed by atoms with Crippen molar-refractivity contribution in [1.29, 1.82) is 5.26 Å². The topological polar surface area (TPSA) is 48.7 Å². The average Bonchev–Trinajstić information content (AvgIpc) is 2.49. The summed E-state index contributed by atoms with van der Waals surface area (Å²) in [6.07, 6.45) is 3.59. The minimum absolute atomic E-state index is 0.597. The van der Waals surface area contributed by atoms with Gasteiger partial charge in [0.15, 0.2) is 0 Å². The van der Waals surface area contributed by atoms with Crippen LogP contribution < -0.4 is 5.32 Å². The first-order valence-corrected chi connectivity index (χ1v) is 6.86. The molecule has 3 aromatic rings. The molecule has 0 amide bonds. The zero-order chi connectivity index (χ0) is 13.9. The molecule has 1 aromatic heterocycles. The number of nitrogens with one attached hydrogen (secondary N) is 1. The predicted octanol–water partition coefficient (Wildman–Crippen LogP) is 4.61. The molecule has 20 heavy (non-hydrogen) atoms. The molecule has 4 heteroatoms. The summed E-state index contributed by atoms with van der Waals surface area (Å²) in [5, 5.41) is 14.7. The summed E-state index contributed by atoms with van der Waals surface area (Å²) in [6, 6.07) is 15.8. The number of benzene rings is 2. The Morgan fingerprint density at radius 1 is 1.10 bits per heavy atom. The van der Waals surface area contributed by atoms with Crippen molar-refractivity contribution >= 4 is 38.1 Å². The Labute approximate surface area is 125 Å². The van der Waals surface area contributed by atoms with Crippen LogP contribution in [0.25, 0.3) is 10.8 Å². The van der Waals surface area contributed by atoms with Gasteiger partial charge in [0.05, 0.1) is 11.3 Å². The van der Waals surface area contributed by atoms with E-state index in [0.717, 1.165) is 26.6 Å². The zero-order valence-electron chi connectivity index (χ0n) is 10.5. The van der Waals surface area contributed by atoms with Crippen LogP contribution in [0.1, 0.15) is 5.56 Å². The number of hydrogen-bond donors (Lipinski definition) is 1. The maximum Gasteiger partial charge on any atom is 0.101 e. The molecule has 0 unspecified atom stereocenters. The molecule has 0 bridgehead atoms. The molecule has 0 aliphatic rings. The molecule has 0 atom stereocenters. The van der Waals surface area contributed by atoms with E-state index >= 15 is 0 Å². The van der Waals surface area contributed by atoms with E-state index in [4.69, 9.17) is 0 Å². The molecule has 2 aromatic carbocycles. The number of nitriles is 1. The maximum absolute atomic E-state index is 9.21. The molecule has 3 nitrogen and oxygen atoms in total. The van der Waals surface area contributed by atoms with Gasteiger partial charge in [0.1, 0.15) is 6.07 Å². The smallest absolute Gasteiger partial charge is 0.101 e. The fraction of sp³-hybridized carbons (Fsp3) is 0. The largest absolute Gasteiger partial charge is 0.354 e. The minimum atomic E-state index is 0.597. The van der Waals surface area contributed by atoms with Crippen LogP contribution in [0.5, 0.6) is 0 Å². The van der Waals surface area contributed by atoms with Crippen LogP contribution in [-0.2, 0) is 0 Å². The predicted molar refractivity (Wildman–Crippen MR) is 83.9 cm³/mol. The molecule has 0 radical (unpaired) electrons. The summed E-state index contributed by atoms with van der Waals surface area (Å²) < 4.78 is 0.888. The number of aromatic nitrogens is 1.